The van der Waals surface area contributed by atoms with Gasteiger partial charge in [-0.1, -0.05) is 88.1 Å². The number of benzene rings is 3. The number of hydrogen-bond donors (Lipinski definition) is 21. The fraction of sp³-hybridized carbons (Fsp3) is 0.527. The first kappa shape index (κ1) is 106. The second kappa shape index (κ2) is 51.7. The maximum Gasteiger partial charge on any atom is 0.303 e. The van der Waals surface area contributed by atoms with Crippen molar-refractivity contribution in [3.63, 3.8) is 0 Å². The Kier molecular flexibility index (Phi) is 40.3. The molecule has 45 heteroatoms. The number of amides is 16. The number of nitrogens with one attached hydrogen (secondary N) is 15. The number of phenolic OH excluding ortho intramolecular Hbond substituents is 1. The number of H-pyrrole nitrogens is 3. The average molecular weight is 1910 g/mol. The van der Waals surface area contributed by atoms with Crippen LogP contribution in [0.2, 0.25) is 0 Å². The number of unbranched alkanes of at least 4 members (excludes halogenated alkanes) is 2. The number of aromatic hydroxyl groups is 1. The van der Waals surface area contributed by atoms with E-state index in [1.807, 2.05) is 13.8 Å². The summed E-state index contributed by atoms with van der Waals surface area (Å²) in [5, 5.41) is 69.9. The van der Waals surface area contributed by atoms with E-state index in [4.69, 9.17) is 22.6 Å². The zero-order valence-electron chi connectivity index (χ0n) is 77.2. The van der Waals surface area contributed by atoms with E-state index in [1.165, 1.54) is 69.8 Å². The number of carbonyl (C=O) groups excluding carboxylic acids is 16. The molecule has 44 nitrogen and oxygen atoms in total. The summed E-state index contributed by atoms with van der Waals surface area (Å²) < 4.78 is 0. The van der Waals surface area contributed by atoms with Crippen LogP contribution < -0.4 is 75.7 Å². The van der Waals surface area contributed by atoms with E-state index in [1.54, 1.807) is 60.9 Å². The van der Waals surface area contributed by atoms with Crippen LogP contribution in [0.3, 0.4) is 0 Å². The van der Waals surface area contributed by atoms with Crippen LogP contribution in [0.15, 0.2) is 97.7 Å². The third kappa shape index (κ3) is 29.6. The average Bonchev–Trinajstić information content (AvgIpc) is 1.63. The van der Waals surface area contributed by atoms with E-state index in [-0.39, 0.29) is 128 Å². The lowest BCUT2D eigenvalue weighted by molar-refractivity contribution is -0.149. The van der Waals surface area contributed by atoms with Gasteiger partial charge in [0.15, 0.2) is 5.96 Å². The Morgan fingerprint density at radius 3 is 1.58 bits per heavy atom. The summed E-state index contributed by atoms with van der Waals surface area (Å²) in [4.78, 5) is 269. The van der Waals surface area contributed by atoms with Crippen LogP contribution in [0.5, 0.6) is 5.75 Å². The molecule has 6 heterocycles. The highest BCUT2D eigenvalue weighted by Crippen LogP contribution is 2.28. The number of aliphatic carboxylic acids is 1. The normalized spacial score (nSPS) is 24.1. The minimum absolute atomic E-state index is 0.00770. The fourth-order valence-corrected chi connectivity index (χ4v) is 17.6. The highest BCUT2D eigenvalue weighted by molar-refractivity contribution is 8.00. The van der Waals surface area contributed by atoms with Gasteiger partial charge in [0.1, 0.15) is 90.3 Å². The number of para-hydroxylation sites is 2. The summed E-state index contributed by atoms with van der Waals surface area (Å²) in [5.41, 5.74) is 20.0. The molecule has 6 aromatic rings. The number of aliphatic hydroxyl groups excluding tert-OH is 1. The molecular weight excluding hydrogens is 1780 g/mol. The first-order valence-electron chi connectivity index (χ1n) is 45.8. The van der Waals surface area contributed by atoms with E-state index in [9.17, 15) is 53.7 Å². The zero-order valence-corrected chi connectivity index (χ0v) is 78.0. The Morgan fingerprint density at radius 2 is 1.02 bits per heavy atom. The number of nitrogens with two attached hydrogens (primary N) is 3. The number of guanidine groups is 1. The Morgan fingerprint density at radius 1 is 0.522 bits per heavy atom. The number of carboxylic acids is 1. The van der Waals surface area contributed by atoms with Crippen molar-refractivity contribution in [2.24, 2.45) is 17.2 Å². The second-order valence-corrected chi connectivity index (χ2v) is 35.3. The van der Waals surface area contributed by atoms with E-state index in [2.05, 4.69) is 78.4 Å². The van der Waals surface area contributed by atoms with Gasteiger partial charge in [-0.25, -0.2) is 4.98 Å². The van der Waals surface area contributed by atoms with Crippen molar-refractivity contribution in [1.82, 2.24) is 103 Å². The number of aromatic amines is 3. The third-order valence-electron chi connectivity index (χ3n) is 24.5. The number of primary amides is 1. The van der Waals surface area contributed by atoms with Crippen molar-refractivity contribution < 1.29 is 96.8 Å². The quantitative estimate of drug-likeness (QED) is 0.0141. The summed E-state index contributed by atoms with van der Waals surface area (Å²) in [5.74, 6) is -17.4. The van der Waals surface area contributed by atoms with E-state index >= 15 is 43.2 Å². The number of carboxylic acid groups (broad SMARTS) is 1. The number of nitrogens with zero attached hydrogens (tertiary/aromatic N) is 6. The molecule has 24 N–H and O–H groups in total. The van der Waals surface area contributed by atoms with Crippen LogP contribution in [0, 0.1) is 5.41 Å². The Bertz CT molecular complexity index is 5210. The largest absolute Gasteiger partial charge is 0.508 e. The summed E-state index contributed by atoms with van der Waals surface area (Å²) in [6, 6.07) is -1.58. The van der Waals surface area contributed by atoms with Crippen LogP contribution in [0.4, 0.5) is 0 Å². The number of aliphatic hydroxyl groups is 1. The standard InChI is InChI=1S/C91H128N24O20S/c1-7-9-25-70-83(128)103-61(24-16-36-97-91(94)95)79(124)110-69(78(123)100-46-74(93)118)48-136-49-75(119)102-66(39-52-29-31-56(117)32-30-52)86(131)111(4)51(3)77(122)104-62(23-15-35-92)88(133)114-37-17-28-72(114)85(130)107-65(42-55-45-96-50-101-55)81(126)105-63(33-34-76(120)121)89(134)115-38-18-27-71(115)84(129)106-64(40-53-43-98-59-21-13-11-19-57(53)59)80(125)109-68(47-116)82(127)108-67(41-54-44-99-60-22-14-12-20-58(54)60)87(132)113(6)73(26-10-8-2)90(135)112(70)5/h11-14,19-22,29-32,43-45,50-51,61-73,98-99,116-117H,7-10,15-18,23-28,33-42,46-49,92H2,1-6H3,(H2,93,118)(H,96,101)(H,100,123)(H,102,119)(H,103,128)(H,104,122)(H,105,126)(H,106,129)(H,107,130)(H,108,127)(H,109,125)(H,110,124)(H,120,121)(H4,94,95,97)/t51-,61-,62-,63-,64-,65-,66-,67-,68-,69-,70-,71-,72-,73-/m0/s1. The third-order valence-corrected chi connectivity index (χ3v) is 25.6. The van der Waals surface area contributed by atoms with E-state index in [0.717, 1.165) is 31.4 Å². The van der Waals surface area contributed by atoms with Crippen molar-refractivity contribution in [1.29, 1.82) is 5.41 Å². The van der Waals surface area contributed by atoms with Crippen LogP contribution in [0.25, 0.3) is 21.8 Å². The highest BCUT2D eigenvalue weighted by Gasteiger charge is 2.46. The summed E-state index contributed by atoms with van der Waals surface area (Å²) in [6.07, 6.45) is 5.50. The zero-order chi connectivity index (χ0) is 99.0. The first-order valence-corrected chi connectivity index (χ1v) is 46.9. The number of likely N-dealkylation sites (N-methyl/N-ethyl adjacent to an activating group) is 3. The summed E-state index contributed by atoms with van der Waals surface area (Å²) in [7, 11) is 3.96. The molecule has 0 saturated carbocycles. The molecule has 3 aromatic heterocycles. The molecule has 3 aliphatic heterocycles. The van der Waals surface area contributed by atoms with Crippen molar-refractivity contribution in [2.45, 2.75) is 234 Å². The molecule has 0 bridgehead atoms. The monoisotopic (exact) mass is 1910 g/mol. The molecule has 3 aromatic carbocycles. The Labute approximate surface area is 790 Å². The molecule has 136 heavy (non-hydrogen) atoms. The lowest BCUT2D eigenvalue weighted by Gasteiger charge is -2.36. The number of rotatable bonds is 28. The number of hydrogen-bond acceptors (Lipinski definition) is 23. The minimum Gasteiger partial charge on any atom is -0.508 e. The van der Waals surface area contributed by atoms with Gasteiger partial charge >= 0.3 is 5.97 Å². The first-order chi connectivity index (χ1) is 65.0. The van der Waals surface area contributed by atoms with Crippen molar-refractivity contribution in [3.05, 3.63) is 120 Å². The maximum atomic E-state index is 15.8. The van der Waals surface area contributed by atoms with Gasteiger partial charge < -0.3 is 130 Å². The van der Waals surface area contributed by atoms with Gasteiger partial charge in [-0.2, -0.15) is 0 Å². The van der Waals surface area contributed by atoms with Gasteiger partial charge in [-0.05, 0) is 125 Å². The Balaban J connectivity index is 1.10. The smallest absolute Gasteiger partial charge is 0.303 e. The van der Waals surface area contributed by atoms with Gasteiger partial charge in [-0.3, -0.25) is 86.9 Å². The van der Waals surface area contributed by atoms with Gasteiger partial charge in [0.2, 0.25) is 94.5 Å². The number of aromatic nitrogens is 4. The molecule has 16 amide bonds. The SMILES string of the molecule is CCCC[C@H]1C(=O)N(C)[C@@H](CCCC)C(=O)N[C@@H](CCCNC(=N)N)C(=O)N[C@H](C(=O)NCC(N)=O)CSCC(=O)N[C@@H](Cc2ccc(O)cc2)C(=O)N(C)[C@@H](C)C(=O)N[C@@H](CCCN)C(=O)N2CCC[C@H]2C(=O)N[C@@H](Cc2c[nH]cn2)C(=O)N[C@@H](CCC(=O)O)C(=O)N2CCC[C@H]2C(=O)N[C@@H](Cc2c[nH]c3ccccc23)C(=O)N[C@@H](CO)C(=O)N[C@@H](Cc2c[nH]c3ccccc23)C(=O)N1C. The minimum atomic E-state index is -1.89. The van der Waals surface area contributed by atoms with Crippen LogP contribution in [-0.2, 0) is 107 Å². The molecule has 9 rings (SSSR count). The lowest BCUT2D eigenvalue weighted by Crippen LogP contribution is -2.61. The van der Waals surface area contributed by atoms with Crippen LogP contribution in [-0.4, -0.2) is 323 Å². The molecule has 14 atom stereocenters. The molecule has 0 unspecified atom stereocenters. The van der Waals surface area contributed by atoms with Gasteiger partial charge in [0.05, 0.1) is 30.9 Å². The molecule has 0 aliphatic carbocycles. The van der Waals surface area contributed by atoms with Crippen molar-refractivity contribution in [2.75, 3.05) is 72.0 Å². The number of thioether (sulfide) groups is 1. The molecule has 3 saturated heterocycles. The molecule has 0 radical (unpaired) electrons. The van der Waals surface area contributed by atoms with Crippen LogP contribution >= 0.6 is 11.8 Å². The maximum absolute atomic E-state index is 15.8. The molecule has 0 spiro atoms. The Hall–Kier alpha value is -13.7. The molecule has 3 aliphatic rings. The molecule has 3 fully saturated rings. The lowest BCUT2D eigenvalue weighted by atomic mass is 10.00. The number of imidazole rings is 1. The summed E-state index contributed by atoms with van der Waals surface area (Å²) >= 11 is 0.781. The predicted molar refractivity (Wildman–Crippen MR) is 500 cm³/mol. The second-order valence-electron chi connectivity index (χ2n) is 34.3. The van der Waals surface area contributed by atoms with Gasteiger partial charge in [-0.15, -0.1) is 11.8 Å². The number of carbonyl (C=O) groups is 17. The topological polar surface area (TPSA) is 662 Å². The summed E-state index contributed by atoms with van der Waals surface area (Å²) in [6.45, 7) is 3.08. The number of fused-ring (bicyclic) bond motifs is 4. The predicted octanol–water partition coefficient (Wildman–Crippen LogP) is -2.22. The van der Waals surface area contributed by atoms with Gasteiger partial charge in [0, 0.05) is 119 Å². The molecular formula is C91H128N24O20S. The molecule has 738 valence electrons. The van der Waals surface area contributed by atoms with Crippen LogP contribution in [0.1, 0.15) is 146 Å². The number of phenols is 1. The van der Waals surface area contributed by atoms with E-state index in [0.29, 0.717) is 64.2 Å². The van der Waals surface area contributed by atoms with Crippen molar-refractivity contribution in [3.8, 4) is 5.75 Å². The van der Waals surface area contributed by atoms with E-state index < -0.39 is 229 Å². The fourth-order valence-electron chi connectivity index (χ4n) is 16.8. The van der Waals surface area contributed by atoms with Gasteiger partial charge in [0.25, 0.3) is 0 Å². The van der Waals surface area contributed by atoms with Crippen molar-refractivity contribution >= 4 is 140 Å². The highest BCUT2D eigenvalue weighted by atomic mass is 32.2.